The van der Waals surface area contributed by atoms with Crippen LogP contribution in [0.4, 0.5) is 18.9 Å². The van der Waals surface area contributed by atoms with E-state index >= 15 is 0 Å². The number of nitrogens with zero attached hydrogens (tertiary/aromatic N) is 3. The van der Waals surface area contributed by atoms with Gasteiger partial charge >= 0.3 is 6.18 Å². The minimum absolute atomic E-state index is 0.0379. The highest BCUT2D eigenvalue weighted by molar-refractivity contribution is 8.01. The molecule has 0 unspecified atom stereocenters. The number of carbonyl (C=O) groups is 1. The Bertz CT molecular complexity index is 1470. The molecule has 0 radical (unpaired) electrons. The molecule has 1 aliphatic heterocycles. The van der Waals surface area contributed by atoms with E-state index in [9.17, 15) is 18.0 Å². The van der Waals surface area contributed by atoms with Crippen molar-refractivity contribution in [1.29, 1.82) is 0 Å². The van der Waals surface area contributed by atoms with E-state index in [4.69, 9.17) is 5.73 Å². The molecule has 202 valence electrons. The van der Waals surface area contributed by atoms with Crippen molar-refractivity contribution in [2.45, 2.75) is 20.0 Å². The van der Waals surface area contributed by atoms with Gasteiger partial charge in [-0.15, -0.1) is 0 Å². The van der Waals surface area contributed by atoms with Gasteiger partial charge in [-0.25, -0.2) is 0 Å². The molecule has 2 aromatic rings. The monoisotopic (exact) mass is 552 g/mol. The van der Waals surface area contributed by atoms with Crippen molar-refractivity contribution >= 4 is 23.5 Å². The van der Waals surface area contributed by atoms with Crippen LogP contribution in [0, 0.1) is 18.8 Å². The molecule has 0 spiro atoms. The molecule has 1 amide bonds. The number of carbonyl (C=O) groups excluding carboxylic acids is 1. The van der Waals surface area contributed by atoms with Crippen LogP contribution in [0.15, 0.2) is 102 Å². The van der Waals surface area contributed by atoms with Crippen molar-refractivity contribution in [2.24, 2.45) is 12.8 Å². The number of benzene rings is 1. The molecular weight excluding hydrogens is 525 g/mol. The lowest BCUT2D eigenvalue weighted by molar-refractivity contribution is -0.0879. The lowest BCUT2D eigenvalue weighted by Gasteiger charge is -2.22. The number of hydrogen-bond acceptors (Lipinski definition) is 6. The Morgan fingerprint density at radius 1 is 1.31 bits per heavy atom. The third-order valence-electron chi connectivity index (χ3n) is 5.16. The molecule has 2 heterocycles. The summed E-state index contributed by atoms with van der Waals surface area (Å²) < 4.78 is 42.2. The highest BCUT2D eigenvalue weighted by atomic mass is 32.2. The van der Waals surface area contributed by atoms with E-state index in [1.807, 2.05) is 38.5 Å². The topological polar surface area (TPSA) is 88.2 Å². The van der Waals surface area contributed by atoms with Crippen LogP contribution < -0.4 is 16.4 Å². The highest BCUT2D eigenvalue weighted by Crippen LogP contribution is 2.30. The summed E-state index contributed by atoms with van der Waals surface area (Å²) in [7, 11) is 1.83. The number of nitrogens with two attached hydrogens (primary N) is 1. The van der Waals surface area contributed by atoms with Gasteiger partial charge in [0.15, 0.2) is 0 Å². The number of halogens is 3. The van der Waals surface area contributed by atoms with Crippen molar-refractivity contribution in [3.05, 3.63) is 119 Å². The third kappa shape index (κ3) is 8.21. The Morgan fingerprint density at radius 3 is 2.72 bits per heavy atom. The molecule has 4 N–H and O–H groups in total. The van der Waals surface area contributed by atoms with Gasteiger partial charge in [-0.1, -0.05) is 24.6 Å². The standard InChI is InChI=1S/C28H27F3N6OS/c1-5-7-23(14-20(3)28(29,30)31)35-27(38)22-10-9-19(2)21(15-22)11-12-25(16-32)37-13-6-8-26(39-37)34-24-17-33-36(4)18-24/h5-10,13-18,34H,3,32H2,1-2,4H3,(H,35,38)/b7-5-,23-14+,25-16-. The summed E-state index contributed by atoms with van der Waals surface area (Å²) in [5.74, 6) is 5.49. The van der Waals surface area contributed by atoms with Crippen molar-refractivity contribution in [3.63, 3.8) is 0 Å². The van der Waals surface area contributed by atoms with Gasteiger partial charge in [-0.05, 0) is 61.8 Å². The maximum absolute atomic E-state index is 12.9. The molecule has 0 bridgehead atoms. The summed E-state index contributed by atoms with van der Waals surface area (Å²) in [5.41, 5.74) is 7.70. The number of nitrogens with one attached hydrogen (secondary N) is 2. The third-order valence-corrected chi connectivity index (χ3v) is 6.11. The SMILES string of the molecule is C=C(/C=C(\C=C/C)NC(=O)c1ccc(C)c(C#C/C(=C/N)N2C=CC=C(Nc3cnn(C)c3)S2)c1)C(F)(F)F. The first-order valence-corrected chi connectivity index (χ1v) is 12.3. The van der Waals surface area contributed by atoms with E-state index in [-0.39, 0.29) is 11.3 Å². The Hall–Kier alpha value is -4.56. The van der Waals surface area contributed by atoms with Crippen LogP contribution in [0.2, 0.25) is 0 Å². The Morgan fingerprint density at radius 2 is 2.08 bits per heavy atom. The smallest absolute Gasteiger partial charge is 0.402 e. The molecule has 0 fully saturated rings. The van der Waals surface area contributed by atoms with E-state index in [2.05, 4.69) is 34.2 Å². The summed E-state index contributed by atoms with van der Waals surface area (Å²) in [4.78, 5) is 12.8. The van der Waals surface area contributed by atoms with E-state index in [0.29, 0.717) is 11.3 Å². The molecule has 0 saturated carbocycles. The van der Waals surface area contributed by atoms with Gasteiger partial charge in [-0.2, -0.15) is 18.3 Å². The number of rotatable bonds is 7. The number of anilines is 1. The van der Waals surface area contributed by atoms with Crippen molar-refractivity contribution < 1.29 is 18.0 Å². The molecule has 39 heavy (non-hydrogen) atoms. The minimum atomic E-state index is -4.61. The first-order chi connectivity index (χ1) is 18.5. The van der Waals surface area contributed by atoms with Crippen molar-refractivity contribution in [3.8, 4) is 11.8 Å². The second-order valence-electron chi connectivity index (χ2n) is 8.23. The summed E-state index contributed by atoms with van der Waals surface area (Å²) in [6, 6.07) is 4.87. The minimum Gasteiger partial charge on any atom is -0.402 e. The number of allylic oxidation sites excluding steroid dienone is 7. The first-order valence-electron chi connectivity index (χ1n) is 11.6. The second-order valence-corrected chi connectivity index (χ2v) is 9.24. The number of hydrogen-bond donors (Lipinski definition) is 3. The van der Waals surface area contributed by atoms with Crippen molar-refractivity contribution in [2.75, 3.05) is 5.32 Å². The van der Waals surface area contributed by atoms with Crippen LogP contribution in [0.1, 0.15) is 28.4 Å². The zero-order valence-corrected chi connectivity index (χ0v) is 22.3. The van der Waals surface area contributed by atoms with E-state index in [1.165, 1.54) is 30.3 Å². The molecule has 11 heteroatoms. The normalized spacial score (nSPS) is 14.1. The van der Waals surface area contributed by atoms with Crippen molar-refractivity contribution in [1.82, 2.24) is 19.4 Å². The summed E-state index contributed by atoms with van der Waals surface area (Å²) in [5, 5.41) is 10.7. The fraction of sp³-hybridized carbons (Fsp3) is 0.143. The quantitative estimate of drug-likeness (QED) is 0.235. The lowest BCUT2D eigenvalue weighted by atomic mass is 10.0. The zero-order valence-electron chi connectivity index (χ0n) is 21.5. The van der Waals surface area contributed by atoms with Crippen LogP contribution in [-0.2, 0) is 7.05 Å². The van der Waals surface area contributed by atoms with Gasteiger partial charge < -0.3 is 16.4 Å². The van der Waals surface area contributed by atoms with E-state index in [0.717, 1.165) is 22.4 Å². The fourth-order valence-electron chi connectivity index (χ4n) is 3.18. The molecule has 3 rings (SSSR count). The second kappa shape index (κ2) is 12.8. The number of aromatic nitrogens is 2. The Kier molecular flexibility index (Phi) is 9.52. The summed E-state index contributed by atoms with van der Waals surface area (Å²) in [6.07, 6.45) is 9.55. The van der Waals surface area contributed by atoms with Gasteiger partial charge in [0.1, 0.15) is 5.70 Å². The first kappa shape index (κ1) is 29.0. The fourth-order valence-corrected chi connectivity index (χ4v) is 4.03. The number of amides is 1. The average Bonchev–Trinajstić information content (AvgIpc) is 3.29. The molecule has 0 aliphatic carbocycles. The van der Waals surface area contributed by atoms with Crippen LogP contribution in [0.3, 0.4) is 0 Å². The van der Waals surface area contributed by atoms with E-state index in [1.54, 1.807) is 40.3 Å². The van der Waals surface area contributed by atoms with Gasteiger partial charge in [0.05, 0.1) is 22.5 Å². The number of alkyl halides is 3. The molecule has 0 atom stereocenters. The molecular formula is C28H27F3N6OS. The Balaban J connectivity index is 1.76. The predicted molar refractivity (Wildman–Crippen MR) is 149 cm³/mol. The molecule has 7 nitrogen and oxygen atoms in total. The largest absolute Gasteiger partial charge is 0.415 e. The maximum atomic E-state index is 12.9. The van der Waals surface area contributed by atoms with Gasteiger partial charge in [0.25, 0.3) is 5.91 Å². The Labute approximate surface area is 229 Å². The number of aryl methyl sites for hydroxylation is 2. The molecule has 1 aromatic heterocycles. The van der Waals surface area contributed by atoms with Gasteiger partial charge in [0.2, 0.25) is 0 Å². The average molecular weight is 553 g/mol. The molecule has 1 aliphatic rings. The maximum Gasteiger partial charge on any atom is 0.415 e. The van der Waals surface area contributed by atoms with Crippen LogP contribution in [0.25, 0.3) is 0 Å². The van der Waals surface area contributed by atoms with Crippen LogP contribution in [0.5, 0.6) is 0 Å². The van der Waals surface area contributed by atoms with Gasteiger partial charge in [0, 0.05) is 54.4 Å². The predicted octanol–water partition coefficient (Wildman–Crippen LogP) is 5.62. The van der Waals surface area contributed by atoms with Gasteiger partial charge in [-0.3, -0.25) is 13.8 Å². The highest BCUT2D eigenvalue weighted by Gasteiger charge is 2.30. The molecule has 0 saturated heterocycles. The van der Waals surface area contributed by atoms with E-state index < -0.39 is 17.7 Å². The zero-order chi connectivity index (χ0) is 28.6. The van der Waals surface area contributed by atoms with Crippen LogP contribution >= 0.6 is 11.9 Å². The lowest BCUT2D eigenvalue weighted by Crippen LogP contribution is -2.23. The summed E-state index contributed by atoms with van der Waals surface area (Å²) >= 11 is 1.38. The summed E-state index contributed by atoms with van der Waals surface area (Å²) in [6.45, 7) is 6.49. The molecule has 1 aromatic carbocycles. The van der Waals surface area contributed by atoms with Crippen LogP contribution in [-0.4, -0.2) is 26.2 Å².